The normalized spacial score (nSPS) is 17.9. The number of nitrogens with one attached hydrogen (secondary N) is 2. The van der Waals surface area contributed by atoms with E-state index in [0.29, 0.717) is 12.5 Å². The number of guanidine groups is 1. The van der Waals surface area contributed by atoms with Crippen LogP contribution in [-0.4, -0.2) is 45.0 Å². The zero-order valence-corrected chi connectivity index (χ0v) is 17.3. The minimum absolute atomic E-state index is 0.0982. The van der Waals surface area contributed by atoms with E-state index in [1.165, 1.54) is 31.2 Å². The van der Waals surface area contributed by atoms with E-state index in [4.69, 9.17) is 0 Å². The van der Waals surface area contributed by atoms with Gasteiger partial charge < -0.3 is 10.6 Å². The minimum Gasteiger partial charge on any atom is -0.356 e. The summed E-state index contributed by atoms with van der Waals surface area (Å²) in [6.07, 6.45) is 4.82. The molecule has 26 heavy (non-hydrogen) atoms. The molecule has 1 aliphatic rings. The van der Waals surface area contributed by atoms with Gasteiger partial charge in [-0.1, -0.05) is 43.2 Å². The standard InChI is InChI=1S/C20H33N3O2S/c1-19(2,3)26(24,25)15-14-22-18(21-4)23-16-20(12-8-9-13-20)17-10-6-5-7-11-17/h5-7,10-11H,8-9,12-16H2,1-4H3,(H2,21,22,23). The number of aliphatic imine (C=N–C) groups is 1. The first-order chi connectivity index (χ1) is 12.2. The summed E-state index contributed by atoms with van der Waals surface area (Å²) in [7, 11) is -1.41. The van der Waals surface area contributed by atoms with Gasteiger partial charge in [0.15, 0.2) is 15.8 Å². The van der Waals surface area contributed by atoms with Crippen molar-refractivity contribution in [2.75, 3.05) is 25.9 Å². The van der Waals surface area contributed by atoms with Gasteiger partial charge in [0.2, 0.25) is 0 Å². The van der Waals surface area contributed by atoms with Crippen LogP contribution < -0.4 is 10.6 Å². The largest absolute Gasteiger partial charge is 0.356 e. The molecule has 1 aliphatic carbocycles. The fourth-order valence-corrected chi connectivity index (χ4v) is 4.48. The molecule has 0 heterocycles. The van der Waals surface area contributed by atoms with Gasteiger partial charge in [0.25, 0.3) is 0 Å². The predicted molar refractivity (Wildman–Crippen MR) is 109 cm³/mol. The number of hydrogen-bond acceptors (Lipinski definition) is 3. The van der Waals surface area contributed by atoms with Crippen LogP contribution in [0.2, 0.25) is 0 Å². The number of benzene rings is 1. The molecule has 0 saturated heterocycles. The quantitative estimate of drug-likeness (QED) is 0.589. The number of hydrogen-bond donors (Lipinski definition) is 2. The smallest absolute Gasteiger partial charge is 0.191 e. The summed E-state index contributed by atoms with van der Waals surface area (Å²) >= 11 is 0. The Bertz CT molecular complexity index is 700. The van der Waals surface area contributed by atoms with E-state index in [0.717, 1.165) is 6.54 Å². The second-order valence-electron chi connectivity index (χ2n) is 8.14. The van der Waals surface area contributed by atoms with Gasteiger partial charge in [-0.15, -0.1) is 0 Å². The molecule has 0 radical (unpaired) electrons. The van der Waals surface area contributed by atoms with Crippen LogP contribution in [0.15, 0.2) is 35.3 Å². The lowest BCUT2D eigenvalue weighted by atomic mass is 9.79. The molecule has 0 spiro atoms. The summed E-state index contributed by atoms with van der Waals surface area (Å²) in [4.78, 5) is 4.26. The topological polar surface area (TPSA) is 70.6 Å². The molecule has 0 atom stereocenters. The van der Waals surface area contributed by atoms with Gasteiger partial charge in [-0.2, -0.15) is 0 Å². The van der Waals surface area contributed by atoms with Crippen LogP contribution in [0.4, 0.5) is 0 Å². The maximum absolute atomic E-state index is 12.2. The zero-order chi connectivity index (χ0) is 19.3. The van der Waals surface area contributed by atoms with E-state index < -0.39 is 14.6 Å². The lowest BCUT2D eigenvalue weighted by Crippen LogP contribution is -2.46. The molecule has 146 valence electrons. The highest BCUT2D eigenvalue weighted by Crippen LogP contribution is 2.40. The van der Waals surface area contributed by atoms with Gasteiger partial charge in [0.1, 0.15) is 0 Å². The van der Waals surface area contributed by atoms with Crippen LogP contribution in [0.25, 0.3) is 0 Å². The van der Waals surface area contributed by atoms with Gasteiger partial charge in [-0.25, -0.2) is 8.42 Å². The third-order valence-electron chi connectivity index (χ3n) is 5.36. The maximum Gasteiger partial charge on any atom is 0.191 e. The highest BCUT2D eigenvalue weighted by atomic mass is 32.2. The van der Waals surface area contributed by atoms with Crippen LogP contribution in [0.3, 0.4) is 0 Å². The van der Waals surface area contributed by atoms with Crippen molar-refractivity contribution in [1.82, 2.24) is 10.6 Å². The van der Waals surface area contributed by atoms with Gasteiger partial charge in [-0.05, 0) is 39.2 Å². The minimum atomic E-state index is -3.13. The van der Waals surface area contributed by atoms with Crippen molar-refractivity contribution in [2.24, 2.45) is 4.99 Å². The van der Waals surface area contributed by atoms with Crippen LogP contribution in [0.5, 0.6) is 0 Å². The molecule has 0 aliphatic heterocycles. The van der Waals surface area contributed by atoms with Gasteiger partial charge >= 0.3 is 0 Å². The van der Waals surface area contributed by atoms with Gasteiger partial charge in [0, 0.05) is 25.6 Å². The Labute approximate surface area is 158 Å². The van der Waals surface area contributed by atoms with E-state index in [1.807, 2.05) is 0 Å². The molecular formula is C20H33N3O2S. The summed E-state index contributed by atoms with van der Waals surface area (Å²) in [5.74, 6) is 0.761. The van der Waals surface area contributed by atoms with Crippen molar-refractivity contribution >= 4 is 15.8 Å². The second kappa shape index (κ2) is 8.42. The predicted octanol–water partition coefficient (Wildman–Crippen LogP) is 2.88. The maximum atomic E-state index is 12.2. The third-order valence-corrected chi connectivity index (χ3v) is 7.97. The Morgan fingerprint density at radius 1 is 1.12 bits per heavy atom. The van der Waals surface area contributed by atoms with Crippen molar-refractivity contribution in [3.05, 3.63) is 35.9 Å². The first-order valence-corrected chi connectivity index (χ1v) is 11.1. The van der Waals surface area contributed by atoms with E-state index >= 15 is 0 Å². The van der Waals surface area contributed by atoms with Crippen molar-refractivity contribution in [3.63, 3.8) is 0 Å². The Hall–Kier alpha value is -1.56. The summed E-state index contributed by atoms with van der Waals surface area (Å²) in [5, 5.41) is 6.57. The molecule has 0 amide bonds. The van der Waals surface area contributed by atoms with Crippen LogP contribution in [0, 0.1) is 0 Å². The Morgan fingerprint density at radius 2 is 1.73 bits per heavy atom. The monoisotopic (exact) mass is 379 g/mol. The second-order valence-corrected chi connectivity index (χ2v) is 11.0. The highest BCUT2D eigenvalue weighted by molar-refractivity contribution is 7.92. The fraction of sp³-hybridized carbons (Fsp3) is 0.650. The summed E-state index contributed by atoms with van der Waals surface area (Å²) in [6.45, 7) is 6.37. The summed E-state index contributed by atoms with van der Waals surface area (Å²) in [6, 6.07) is 10.7. The van der Waals surface area contributed by atoms with E-state index in [2.05, 4.69) is 46.0 Å². The average molecular weight is 380 g/mol. The Kier molecular flexibility index (Phi) is 6.72. The fourth-order valence-electron chi connectivity index (χ4n) is 3.49. The Morgan fingerprint density at radius 3 is 2.27 bits per heavy atom. The van der Waals surface area contributed by atoms with E-state index in [9.17, 15) is 8.42 Å². The molecule has 2 rings (SSSR count). The molecule has 0 unspecified atom stereocenters. The zero-order valence-electron chi connectivity index (χ0n) is 16.5. The Balaban J connectivity index is 1.94. The molecule has 1 aromatic carbocycles. The van der Waals surface area contributed by atoms with Crippen molar-refractivity contribution < 1.29 is 8.42 Å². The van der Waals surface area contributed by atoms with E-state index in [1.54, 1.807) is 27.8 Å². The van der Waals surface area contributed by atoms with E-state index in [-0.39, 0.29) is 11.2 Å². The molecular weight excluding hydrogens is 346 g/mol. The first-order valence-electron chi connectivity index (χ1n) is 9.43. The van der Waals surface area contributed by atoms with Crippen molar-refractivity contribution in [2.45, 2.75) is 56.6 Å². The summed E-state index contributed by atoms with van der Waals surface area (Å²) in [5.41, 5.74) is 1.51. The summed E-state index contributed by atoms with van der Waals surface area (Å²) < 4.78 is 23.7. The lowest BCUT2D eigenvalue weighted by molar-refractivity contribution is 0.432. The molecule has 1 fully saturated rings. The third kappa shape index (κ3) is 5.00. The molecule has 0 aromatic heterocycles. The van der Waals surface area contributed by atoms with Crippen LogP contribution >= 0.6 is 0 Å². The molecule has 5 nitrogen and oxygen atoms in total. The number of nitrogens with zero attached hydrogens (tertiary/aromatic N) is 1. The number of sulfone groups is 1. The van der Waals surface area contributed by atoms with Crippen molar-refractivity contribution in [1.29, 1.82) is 0 Å². The molecule has 2 N–H and O–H groups in total. The molecule has 0 bridgehead atoms. The first kappa shape index (κ1) is 20.7. The highest BCUT2D eigenvalue weighted by Gasteiger charge is 2.35. The average Bonchev–Trinajstić information content (AvgIpc) is 3.08. The SMILES string of the molecule is CN=C(NCCS(=O)(=O)C(C)(C)C)NCC1(c2ccccc2)CCCC1. The van der Waals surface area contributed by atoms with Crippen LogP contribution in [0.1, 0.15) is 52.0 Å². The molecule has 6 heteroatoms. The lowest BCUT2D eigenvalue weighted by Gasteiger charge is -2.31. The number of rotatable bonds is 6. The molecule has 1 saturated carbocycles. The molecule has 1 aromatic rings. The van der Waals surface area contributed by atoms with Gasteiger partial charge in [0.05, 0.1) is 10.5 Å². The van der Waals surface area contributed by atoms with Crippen molar-refractivity contribution in [3.8, 4) is 0 Å². The van der Waals surface area contributed by atoms with Crippen LogP contribution in [-0.2, 0) is 15.3 Å². The van der Waals surface area contributed by atoms with Gasteiger partial charge in [-0.3, -0.25) is 4.99 Å².